The number of anilines is 1. The second-order valence-corrected chi connectivity index (χ2v) is 13.6. The molecule has 0 saturated carbocycles. The van der Waals surface area contributed by atoms with E-state index in [1.165, 1.54) is 6.42 Å². The molecule has 0 aliphatic rings. The van der Waals surface area contributed by atoms with E-state index in [2.05, 4.69) is 17.6 Å². The monoisotopic (exact) mass is 607 g/mol. The first kappa shape index (κ1) is 36.8. The number of carbonyl (C=O) groups excluding carboxylic acids is 3. The van der Waals surface area contributed by atoms with Crippen molar-refractivity contribution in [3.63, 3.8) is 0 Å². The summed E-state index contributed by atoms with van der Waals surface area (Å²) in [6, 6.07) is 10.1. The Hall–Kier alpha value is -3.35. The van der Waals surface area contributed by atoms with Gasteiger partial charge in [0.1, 0.15) is 17.7 Å². The zero-order valence-electron chi connectivity index (χ0n) is 28.9. The minimum atomic E-state index is -0.882. The maximum atomic E-state index is 14.6. The number of alkyl carbamates (subject to hydrolysis) is 1. The van der Waals surface area contributed by atoms with Crippen LogP contribution in [-0.4, -0.2) is 41.0 Å². The molecule has 0 fully saturated rings. The van der Waals surface area contributed by atoms with Crippen molar-refractivity contribution in [1.29, 1.82) is 0 Å². The van der Waals surface area contributed by atoms with E-state index in [4.69, 9.17) is 4.74 Å². The number of aryl methyl sites for hydroxylation is 3. The van der Waals surface area contributed by atoms with Crippen molar-refractivity contribution >= 4 is 23.6 Å². The largest absolute Gasteiger partial charge is 0.444 e. The summed E-state index contributed by atoms with van der Waals surface area (Å²) in [6.45, 7) is 20.0. The number of rotatable bonds is 15. The summed E-state index contributed by atoms with van der Waals surface area (Å²) in [4.78, 5) is 43.7. The second-order valence-electron chi connectivity index (χ2n) is 13.6. The highest BCUT2D eigenvalue weighted by atomic mass is 16.6. The molecule has 2 rings (SSSR count). The lowest BCUT2D eigenvalue weighted by Gasteiger charge is -2.36. The van der Waals surface area contributed by atoms with Crippen molar-refractivity contribution in [3.05, 3.63) is 64.2 Å². The average molecular weight is 608 g/mol. The molecule has 7 heteroatoms. The molecule has 0 heterocycles. The van der Waals surface area contributed by atoms with E-state index in [9.17, 15) is 14.4 Å². The van der Waals surface area contributed by atoms with Crippen LogP contribution in [0.15, 0.2) is 36.4 Å². The van der Waals surface area contributed by atoms with Gasteiger partial charge in [-0.1, -0.05) is 89.3 Å². The summed E-state index contributed by atoms with van der Waals surface area (Å²) < 4.78 is 5.55. The molecule has 0 bridgehead atoms. The molecule has 2 aromatic rings. The molecule has 0 radical (unpaired) electrons. The topological polar surface area (TPSA) is 87.7 Å². The van der Waals surface area contributed by atoms with Gasteiger partial charge < -0.3 is 20.3 Å². The van der Waals surface area contributed by atoms with Gasteiger partial charge in [0.15, 0.2) is 0 Å². The highest BCUT2D eigenvalue weighted by molar-refractivity contribution is 6.00. The van der Waals surface area contributed by atoms with Crippen LogP contribution >= 0.6 is 0 Å². The SMILES string of the molecule is CCCCCCCCN(C(=O)C(CC(C)C)NC(=O)OC(C)(C)C)C(C(=O)Nc1c(C)cccc1C)c1cccc(C)c1C. The predicted molar refractivity (Wildman–Crippen MR) is 181 cm³/mol. The van der Waals surface area contributed by atoms with E-state index >= 15 is 0 Å². The Bertz CT molecular complexity index is 1230. The van der Waals surface area contributed by atoms with Crippen molar-refractivity contribution in [2.75, 3.05) is 11.9 Å². The first-order valence-corrected chi connectivity index (χ1v) is 16.4. The number of unbranched alkanes of at least 4 members (excludes halogenated alkanes) is 5. The number of amides is 3. The molecule has 0 aromatic heterocycles. The molecule has 3 amide bonds. The van der Waals surface area contributed by atoms with E-state index in [1.54, 1.807) is 25.7 Å². The minimum Gasteiger partial charge on any atom is -0.444 e. The lowest BCUT2D eigenvalue weighted by molar-refractivity contribution is -0.141. The van der Waals surface area contributed by atoms with E-state index in [0.717, 1.165) is 65.6 Å². The maximum Gasteiger partial charge on any atom is 0.408 e. The van der Waals surface area contributed by atoms with Crippen molar-refractivity contribution in [2.24, 2.45) is 5.92 Å². The number of carbonyl (C=O) groups is 3. The van der Waals surface area contributed by atoms with E-state index in [0.29, 0.717) is 13.0 Å². The van der Waals surface area contributed by atoms with Crippen molar-refractivity contribution in [3.8, 4) is 0 Å². The Kier molecular flexibility index (Phi) is 14.4. The Morgan fingerprint density at radius 1 is 0.841 bits per heavy atom. The van der Waals surface area contributed by atoms with Crippen molar-refractivity contribution < 1.29 is 19.1 Å². The number of nitrogens with zero attached hydrogens (tertiary/aromatic N) is 1. The molecule has 7 nitrogen and oxygen atoms in total. The lowest BCUT2D eigenvalue weighted by Crippen LogP contribution is -2.53. The molecule has 0 saturated heterocycles. The fraction of sp³-hybridized carbons (Fsp3) is 0.595. The molecular weight excluding hydrogens is 550 g/mol. The number of para-hydroxylation sites is 1. The molecule has 244 valence electrons. The van der Waals surface area contributed by atoms with Gasteiger partial charge in [-0.3, -0.25) is 9.59 Å². The summed E-state index contributed by atoms with van der Waals surface area (Å²) in [5.74, 6) is -0.422. The van der Waals surface area contributed by atoms with Gasteiger partial charge in [-0.25, -0.2) is 4.79 Å². The number of hydrogen-bond donors (Lipinski definition) is 2. The third kappa shape index (κ3) is 11.3. The van der Waals surface area contributed by atoms with E-state index < -0.39 is 23.8 Å². The normalized spacial score (nSPS) is 12.9. The fourth-order valence-corrected chi connectivity index (χ4v) is 5.50. The highest BCUT2D eigenvalue weighted by Gasteiger charge is 2.37. The van der Waals surface area contributed by atoms with Gasteiger partial charge in [0.2, 0.25) is 5.91 Å². The molecule has 0 aliphatic heterocycles. The van der Waals surface area contributed by atoms with Crippen LogP contribution in [-0.2, 0) is 14.3 Å². The van der Waals surface area contributed by atoms with Crippen LogP contribution in [0, 0.1) is 33.6 Å². The van der Waals surface area contributed by atoms with Crippen LogP contribution in [0.4, 0.5) is 10.5 Å². The average Bonchev–Trinajstić information content (AvgIpc) is 2.92. The van der Waals surface area contributed by atoms with Crippen LogP contribution in [0.5, 0.6) is 0 Å². The summed E-state index contributed by atoms with van der Waals surface area (Å²) in [6.07, 6.45) is 6.05. The van der Waals surface area contributed by atoms with Gasteiger partial charge >= 0.3 is 6.09 Å². The van der Waals surface area contributed by atoms with Crippen molar-refractivity contribution in [1.82, 2.24) is 10.2 Å². The first-order valence-electron chi connectivity index (χ1n) is 16.4. The van der Waals surface area contributed by atoms with E-state index in [-0.39, 0.29) is 17.7 Å². The Morgan fingerprint density at radius 2 is 1.41 bits per heavy atom. The second kappa shape index (κ2) is 17.2. The van der Waals surface area contributed by atoms with Gasteiger partial charge in [0.05, 0.1) is 0 Å². The van der Waals surface area contributed by atoms with Gasteiger partial charge in [0.25, 0.3) is 5.91 Å². The zero-order chi connectivity index (χ0) is 33.0. The third-order valence-electron chi connectivity index (χ3n) is 7.96. The smallest absolute Gasteiger partial charge is 0.408 e. The molecule has 0 aliphatic carbocycles. The maximum absolute atomic E-state index is 14.6. The third-order valence-corrected chi connectivity index (χ3v) is 7.96. The quantitative estimate of drug-likeness (QED) is 0.198. The summed E-state index contributed by atoms with van der Waals surface area (Å²) in [5, 5.41) is 6.04. The fourth-order valence-electron chi connectivity index (χ4n) is 5.50. The molecule has 0 spiro atoms. The Morgan fingerprint density at radius 3 is 2.00 bits per heavy atom. The molecule has 2 atom stereocenters. The summed E-state index contributed by atoms with van der Waals surface area (Å²) in [7, 11) is 0. The highest BCUT2D eigenvalue weighted by Crippen LogP contribution is 2.31. The van der Waals surface area contributed by atoms with Crippen LogP contribution in [0.2, 0.25) is 0 Å². The van der Waals surface area contributed by atoms with Gasteiger partial charge in [-0.15, -0.1) is 0 Å². The molecule has 44 heavy (non-hydrogen) atoms. The van der Waals surface area contributed by atoms with Crippen molar-refractivity contribution in [2.45, 2.75) is 132 Å². The number of ether oxygens (including phenoxy) is 1. The number of nitrogens with one attached hydrogen (secondary N) is 2. The van der Waals surface area contributed by atoms with Gasteiger partial charge in [0, 0.05) is 12.2 Å². The van der Waals surface area contributed by atoms with Crippen LogP contribution in [0.25, 0.3) is 0 Å². The summed E-state index contributed by atoms with van der Waals surface area (Å²) in [5.41, 5.74) is 4.76. The Balaban J connectivity index is 2.62. The standard InChI is InChI=1S/C37H57N3O4/c1-11-12-13-14-15-16-23-40(35(42)31(24-25(2)3)38-36(43)44-37(8,9)10)33(30-22-18-19-26(4)29(30)7)34(41)39-32-27(5)20-17-21-28(32)6/h17-22,25,31,33H,11-16,23-24H2,1-10H3,(H,38,43)(H,39,41). The molecule has 2 unspecified atom stereocenters. The molecular formula is C37H57N3O4. The number of hydrogen-bond acceptors (Lipinski definition) is 4. The van der Waals surface area contributed by atoms with Gasteiger partial charge in [-0.2, -0.15) is 0 Å². The molecule has 2 aromatic carbocycles. The lowest BCUT2D eigenvalue weighted by atomic mass is 9.93. The molecule has 2 N–H and O–H groups in total. The minimum absolute atomic E-state index is 0.123. The zero-order valence-corrected chi connectivity index (χ0v) is 28.9. The van der Waals surface area contributed by atoms with Gasteiger partial charge in [-0.05, 0) is 95.0 Å². The van der Waals surface area contributed by atoms with Crippen LogP contribution < -0.4 is 10.6 Å². The first-order chi connectivity index (χ1) is 20.7. The van der Waals surface area contributed by atoms with Crippen LogP contribution in [0.3, 0.4) is 0 Å². The Labute approximate surface area is 266 Å². The van der Waals surface area contributed by atoms with E-state index in [1.807, 2.05) is 77.9 Å². The van der Waals surface area contributed by atoms with Crippen LogP contribution in [0.1, 0.15) is 120 Å². The predicted octanol–water partition coefficient (Wildman–Crippen LogP) is 8.73. The number of benzene rings is 2. The summed E-state index contributed by atoms with van der Waals surface area (Å²) >= 11 is 0.